The second-order valence-electron chi connectivity index (χ2n) is 11.0. The minimum absolute atomic E-state index is 0.0270. The van der Waals surface area contributed by atoms with Crippen molar-refractivity contribution in [2.45, 2.75) is 13.5 Å². The number of fused-ring (bicyclic) bond motifs is 4. The van der Waals surface area contributed by atoms with Gasteiger partial charge in [0, 0.05) is 21.9 Å². The molecule has 0 spiro atoms. The molecule has 200 valence electrons. The van der Waals surface area contributed by atoms with Gasteiger partial charge in [-0.15, -0.1) is 0 Å². The maximum atomic E-state index is 14.7. The molecule has 42 heavy (non-hydrogen) atoms. The van der Waals surface area contributed by atoms with Gasteiger partial charge >= 0.3 is 0 Å². The van der Waals surface area contributed by atoms with Crippen LogP contribution in [0.1, 0.15) is 21.5 Å². The largest absolute Gasteiger partial charge is 0.308 e. The van der Waals surface area contributed by atoms with E-state index in [0.717, 1.165) is 55.8 Å². The summed E-state index contributed by atoms with van der Waals surface area (Å²) in [5.41, 5.74) is 11.4. The van der Waals surface area contributed by atoms with Crippen molar-refractivity contribution in [2.24, 2.45) is 0 Å². The summed E-state index contributed by atoms with van der Waals surface area (Å²) in [6.07, 6.45) is 0. The van der Waals surface area contributed by atoms with Gasteiger partial charge in [-0.25, -0.2) is 0 Å². The number of aromatic nitrogens is 1. The zero-order valence-electron chi connectivity index (χ0n) is 23.3. The summed E-state index contributed by atoms with van der Waals surface area (Å²) < 4.78 is 2.27. The van der Waals surface area contributed by atoms with Crippen molar-refractivity contribution in [3.8, 4) is 27.9 Å². The fourth-order valence-corrected chi connectivity index (χ4v) is 6.59. The highest BCUT2D eigenvalue weighted by Crippen LogP contribution is 2.44. The summed E-state index contributed by atoms with van der Waals surface area (Å²) in [7, 11) is 0. The topological polar surface area (TPSA) is 25.2 Å². The lowest BCUT2D eigenvalue weighted by atomic mass is 9.95. The van der Waals surface area contributed by atoms with Gasteiger partial charge < -0.3 is 9.47 Å². The normalized spacial score (nSPS) is 12.8. The minimum atomic E-state index is 0.0270. The molecular weight excluding hydrogens is 512 g/mol. The molecule has 0 fully saturated rings. The van der Waals surface area contributed by atoms with Crippen molar-refractivity contribution in [3.05, 3.63) is 156 Å². The van der Waals surface area contributed by atoms with Crippen molar-refractivity contribution < 1.29 is 4.79 Å². The standard InChI is InChI=1S/C39H28N2O/c1-26-22-23-35-33(24-26)32-17-8-9-20-34(32)41(35)36-21-10-16-29-25-40(39(42)37(29)36)38-30(27-12-4-2-5-13-27)18-11-19-31(38)28-14-6-3-7-15-28/h2-24H,25H2,1H3. The van der Waals surface area contributed by atoms with E-state index in [1.807, 2.05) is 17.0 Å². The predicted octanol–water partition coefficient (Wildman–Crippen LogP) is 9.59. The Labute approximate surface area is 244 Å². The van der Waals surface area contributed by atoms with E-state index in [1.165, 1.54) is 16.3 Å². The van der Waals surface area contributed by atoms with Crippen LogP contribution in [-0.2, 0) is 6.54 Å². The van der Waals surface area contributed by atoms with Crippen molar-refractivity contribution >= 4 is 33.4 Å². The number of hydrogen-bond donors (Lipinski definition) is 0. The number of aryl methyl sites for hydroxylation is 1. The third kappa shape index (κ3) is 3.71. The van der Waals surface area contributed by atoms with Crippen LogP contribution < -0.4 is 4.90 Å². The highest BCUT2D eigenvalue weighted by molar-refractivity contribution is 6.17. The number of anilines is 1. The monoisotopic (exact) mass is 540 g/mol. The molecular formula is C39H28N2O. The van der Waals surface area contributed by atoms with E-state index < -0.39 is 0 Å². The Bertz CT molecular complexity index is 2080. The van der Waals surface area contributed by atoms with E-state index in [9.17, 15) is 4.79 Å². The first kappa shape index (κ1) is 24.4. The molecule has 0 bridgehead atoms. The highest BCUT2D eigenvalue weighted by Gasteiger charge is 2.35. The SMILES string of the molecule is Cc1ccc2c(c1)c1ccccc1n2-c1cccc2c1C(=O)N(c1c(-c3ccccc3)cccc1-c1ccccc1)C2. The Hall–Kier alpha value is -5.41. The van der Waals surface area contributed by atoms with E-state index in [4.69, 9.17) is 0 Å². The molecule has 0 unspecified atom stereocenters. The van der Waals surface area contributed by atoms with Crippen molar-refractivity contribution in [3.63, 3.8) is 0 Å². The maximum absolute atomic E-state index is 14.7. The van der Waals surface area contributed by atoms with Crippen LogP contribution in [0.2, 0.25) is 0 Å². The average Bonchev–Trinajstić information content (AvgIpc) is 3.55. The fraction of sp³-hybridized carbons (Fsp3) is 0.0513. The van der Waals surface area contributed by atoms with Crippen molar-refractivity contribution in [1.82, 2.24) is 4.57 Å². The van der Waals surface area contributed by atoms with Gasteiger partial charge in [0.25, 0.3) is 5.91 Å². The zero-order valence-corrected chi connectivity index (χ0v) is 23.3. The molecule has 8 rings (SSSR count). The van der Waals surface area contributed by atoms with Gasteiger partial charge in [0.1, 0.15) is 0 Å². The number of para-hydroxylation sites is 2. The number of amides is 1. The summed E-state index contributed by atoms with van der Waals surface area (Å²) in [4.78, 5) is 16.7. The molecule has 2 heterocycles. The van der Waals surface area contributed by atoms with E-state index in [-0.39, 0.29) is 5.91 Å². The summed E-state index contributed by atoms with van der Waals surface area (Å²) in [5.74, 6) is 0.0270. The van der Waals surface area contributed by atoms with Gasteiger partial charge in [0.2, 0.25) is 0 Å². The van der Waals surface area contributed by atoms with Gasteiger partial charge in [0.15, 0.2) is 0 Å². The molecule has 0 atom stereocenters. The molecule has 0 radical (unpaired) electrons. The number of carbonyl (C=O) groups is 1. The first-order chi connectivity index (χ1) is 20.7. The number of carbonyl (C=O) groups excluding carboxylic acids is 1. The molecule has 0 saturated carbocycles. The predicted molar refractivity (Wildman–Crippen MR) is 173 cm³/mol. The Kier molecular flexibility index (Phi) is 5.58. The van der Waals surface area contributed by atoms with Gasteiger partial charge in [-0.1, -0.05) is 121 Å². The molecule has 1 aliphatic heterocycles. The van der Waals surface area contributed by atoms with Crippen LogP contribution in [0.4, 0.5) is 5.69 Å². The quantitative estimate of drug-likeness (QED) is 0.218. The second-order valence-corrected chi connectivity index (χ2v) is 11.0. The highest BCUT2D eigenvalue weighted by atomic mass is 16.2. The third-order valence-corrected chi connectivity index (χ3v) is 8.46. The average molecular weight is 541 g/mol. The molecule has 3 heteroatoms. The van der Waals surface area contributed by atoms with E-state index >= 15 is 0 Å². The summed E-state index contributed by atoms with van der Waals surface area (Å²) in [6.45, 7) is 2.64. The van der Waals surface area contributed by atoms with E-state index in [0.29, 0.717) is 6.54 Å². The fourth-order valence-electron chi connectivity index (χ4n) is 6.59. The smallest absolute Gasteiger partial charge is 0.261 e. The van der Waals surface area contributed by atoms with E-state index in [1.54, 1.807) is 0 Å². The molecule has 6 aromatic carbocycles. The van der Waals surface area contributed by atoms with Gasteiger partial charge in [-0.3, -0.25) is 4.79 Å². The van der Waals surface area contributed by atoms with Crippen molar-refractivity contribution in [1.29, 1.82) is 0 Å². The van der Waals surface area contributed by atoms with Gasteiger partial charge in [0.05, 0.1) is 34.5 Å². The molecule has 1 amide bonds. The lowest BCUT2D eigenvalue weighted by molar-refractivity contribution is 0.0997. The Morgan fingerprint density at radius 2 is 1.19 bits per heavy atom. The van der Waals surface area contributed by atoms with Crippen LogP contribution in [-0.4, -0.2) is 10.5 Å². The second kappa shape index (κ2) is 9.60. The van der Waals surface area contributed by atoms with Crippen LogP contribution in [0.25, 0.3) is 49.7 Å². The number of nitrogens with zero attached hydrogens (tertiary/aromatic N) is 2. The Morgan fingerprint density at radius 3 is 1.90 bits per heavy atom. The summed E-state index contributed by atoms with van der Waals surface area (Å²) in [5, 5.41) is 2.39. The van der Waals surface area contributed by atoms with Crippen LogP contribution >= 0.6 is 0 Å². The van der Waals surface area contributed by atoms with E-state index in [2.05, 4.69) is 139 Å². The lowest BCUT2D eigenvalue weighted by Gasteiger charge is -2.24. The van der Waals surface area contributed by atoms with Crippen LogP contribution in [0.3, 0.4) is 0 Å². The lowest BCUT2D eigenvalue weighted by Crippen LogP contribution is -2.25. The van der Waals surface area contributed by atoms with Gasteiger partial charge in [-0.2, -0.15) is 0 Å². The summed E-state index contributed by atoms with van der Waals surface area (Å²) in [6, 6.07) is 48.4. The number of hydrogen-bond acceptors (Lipinski definition) is 1. The number of rotatable bonds is 4. The molecule has 7 aromatic rings. The minimum Gasteiger partial charge on any atom is -0.308 e. The van der Waals surface area contributed by atoms with Crippen LogP contribution in [0.15, 0.2) is 140 Å². The molecule has 3 nitrogen and oxygen atoms in total. The first-order valence-corrected chi connectivity index (χ1v) is 14.4. The molecule has 1 aromatic heterocycles. The molecule has 0 saturated heterocycles. The first-order valence-electron chi connectivity index (χ1n) is 14.4. The molecule has 0 N–H and O–H groups in total. The zero-order chi connectivity index (χ0) is 28.2. The maximum Gasteiger partial charge on any atom is 0.261 e. The van der Waals surface area contributed by atoms with Crippen LogP contribution in [0, 0.1) is 6.92 Å². The Morgan fingerprint density at radius 1 is 0.571 bits per heavy atom. The van der Waals surface area contributed by atoms with Crippen molar-refractivity contribution in [2.75, 3.05) is 4.90 Å². The Balaban J connectivity index is 1.36. The van der Waals surface area contributed by atoms with Crippen LogP contribution in [0.5, 0.6) is 0 Å². The molecule has 0 aliphatic carbocycles. The van der Waals surface area contributed by atoms with Gasteiger partial charge in [-0.05, 0) is 47.9 Å². The third-order valence-electron chi connectivity index (χ3n) is 8.46. The number of benzene rings is 6. The molecule has 1 aliphatic rings. The summed E-state index contributed by atoms with van der Waals surface area (Å²) >= 11 is 0.